The average molecular weight is 292 g/mol. The van der Waals surface area contributed by atoms with Crippen molar-refractivity contribution in [2.24, 2.45) is 0 Å². The SMILES string of the molecule is COC(=O)c1ccc(OC(C)C)c(NC(=O)NC2CC2)c1. The van der Waals surface area contributed by atoms with E-state index in [1.165, 1.54) is 7.11 Å². The van der Waals surface area contributed by atoms with Gasteiger partial charge in [0.15, 0.2) is 0 Å². The van der Waals surface area contributed by atoms with E-state index in [4.69, 9.17) is 4.74 Å². The Balaban J connectivity index is 2.19. The molecule has 0 unspecified atom stereocenters. The summed E-state index contributed by atoms with van der Waals surface area (Å²) in [7, 11) is 1.31. The largest absolute Gasteiger partial charge is 0.489 e. The van der Waals surface area contributed by atoms with Crippen molar-refractivity contribution in [2.45, 2.75) is 38.8 Å². The molecule has 1 aromatic carbocycles. The molecule has 1 fully saturated rings. The fourth-order valence-electron chi connectivity index (χ4n) is 1.80. The van der Waals surface area contributed by atoms with E-state index in [1.54, 1.807) is 18.2 Å². The summed E-state index contributed by atoms with van der Waals surface area (Å²) in [5, 5.41) is 5.55. The molecule has 0 saturated heterocycles. The van der Waals surface area contributed by atoms with Crippen LogP contribution in [0.15, 0.2) is 18.2 Å². The van der Waals surface area contributed by atoms with Crippen LogP contribution in [0.2, 0.25) is 0 Å². The normalized spacial score (nSPS) is 13.7. The van der Waals surface area contributed by atoms with E-state index in [-0.39, 0.29) is 18.2 Å². The lowest BCUT2D eigenvalue weighted by Gasteiger charge is -2.16. The lowest BCUT2D eigenvalue weighted by atomic mass is 10.2. The third kappa shape index (κ3) is 4.37. The number of hydrogen-bond acceptors (Lipinski definition) is 4. The quantitative estimate of drug-likeness (QED) is 0.818. The Kier molecular flexibility index (Phi) is 4.67. The first-order valence-electron chi connectivity index (χ1n) is 6.96. The van der Waals surface area contributed by atoms with Gasteiger partial charge in [-0.15, -0.1) is 0 Å². The Morgan fingerprint density at radius 2 is 2.00 bits per heavy atom. The predicted molar refractivity (Wildman–Crippen MR) is 78.7 cm³/mol. The lowest BCUT2D eigenvalue weighted by molar-refractivity contribution is 0.0600. The minimum atomic E-state index is -0.461. The second-order valence-electron chi connectivity index (χ2n) is 5.24. The Morgan fingerprint density at radius 3 is 2.57 bits per heavy atom. The maximum absolute atomic E-state index is 11.9. The number of hydrogen-bond donors (Lipinski definition) is 2. The van der Waals surface area contributed by atoms with Crippen molar-refractivity contribution >= 4 is 17.7 Å². The van der Waals surface area contributed by atoms with Crippen molar-refractivity contribution in [3.05, 3.63) is 23.8 Å². The first-order valence-corrected chi connectivity index (χ1v) is 6.96. The number of urea groups is 1. The van der Waals surface area contributed by atoms with E-state index in [1.807, 2.05) is 13.8 Å². The second-order valence-corrected chi connectivity index (χ2v) is 5.24. The monoisotopic (exact) mass is 292 g/mol. The fraction of sp³-hybridized carbons (Fsp3) is 0.467. The fourth-order valence-corrected chi connectivity index (χ4v) is 1.80. The Hall–Kier alpha value is -2.24. The van der Waals surface area contributed by atoms with Gasteiger partial charge in [0.1, 0.15) is 5.75 Å². The number of esters is 1. The Bertz CT molecular complexity index is 538. The van der Waals surface area contributed by atoms with Gasteiger partial charge in [0.05, 0.1) is 24.5 Å². The first-order chi connectivity index (χ1) is 9.99. The minimum absolute atomic E-state index is 0.0407. The molecule has 2 amide bonds. The maximum atomic E-state index is 11.9. The van der Waals surface area contributed by atoms with Crippen molar-refractivity contribution in [1.29, 1.82) is 0 Å². The van der Waals surface area contributed by atoms with E-state index < -0.39 is 5.97 Å². The number of anilines is 1. The highest BCUT2D eigenvalue weighted by Gasteiger charge is 2.24. The highest BCUT2D eigenvalue weighted by Crippen LogP contribution is 2.27. The van der Waals surface area contributed by atoms with E-state index >= 15 is 0 Å². The van der Waals surface area contributed by atoms with Crippen molar-refractivity contribution < 1.29 is 19.1 Å². The van der Waals surface area contributed by atoms with Crippen LogP contribution in [0.25, 0.3) is 0 Å². The van der Waals surface area contributed by atoms with Gasteiger partial charge in [-0.25, -0.2) is 9.59 Å². The molecule has 0 bridgehead atoms. The van der Waals surface area contributed by atoms with Gasteiger partial charge < -0.3 is 20.1 Å². The van der Waals surface area contributed by atoms with E-state index in [9.17, 15) is 9.59 Å². The van der Waals surface area contributed by atoms with Crippen LogP contribution >= 0.6 is 0 Å². The molecule has 6 nitrogen and oxygen atoms in total. The van der Waals surface area contributed by atoms with Crippen molar-refractivity contribution in [3.8, 4) is 5.75 Å². The molecule has 1 aromatic rings. The van der Waals surface area contributed by atoms with Crippen LogP contribution < -0.4 is 15.4 Å². The smallest absolute Gasteiger partial charge is 0.337 e. The summed E-state index contributed by atoms with van der Waals surface area (Å²) in [6, 6.07) is 4.76. The topological polar surface area (TPSA) is 76.7 Å². The van der Waals surface area contributed by atoms with Crippen LogP contribution in [0.4, 0.5) is 10.5 Å². The zero-order valence-corrected chi connectivity index (χ0v) is 12.4. The minimum Gasteiger partial charge on any atom is -0.489 e. The third-order valence-electron chi connectivity index (χ3n) is 2.92. The second kappa shape index (κ2) is 6.47. The van der Waals surface area contributed by atoms with Crippen molar-refractivity contribution in [3.63, 3.8) is 0 Å². The zero-order chi connectivity index (χ0) is 15.4. The molecule has 0 heterocycles. The Morgan fingerprint density at radius 1 is 1.29 bits per heavy atom. The number of ether oxygens (including phenoxy) is 2. The van der Waals surface area contributed by atoms with Gasteiger partial charge in [-0.1, -0.05) is 0 Å². The summed E-state index contributed by atoms with van der Waals surface area (Å²) >= 11 is 0. The van der Waals surface area contributed by atoms with E-state index in [2.05, 4.69) is 15.4 Å². The van der Waals surface area contributed by atoms with Gasteiger partial charge >= 0.3 is 12.0 Å². The highest BCUT2D eigenvalue weighted by molar-refractivity contribution is 5.95. The van der Waals surface area contributed by atoms with Crippen LogP contribution in [0.1, 0.15) is 37.0 Å². The number of methoxy groups -OCH3 is 1. The molecule has 1 aliphatic rings. The molecule has 0 spiro atoms. The molecule has 114 valence electrons. The molecule has 21 heavy (non-hydrogen) atoms. The van der Waals surface area contributed by atoms with Gasteiger partial charge in [0.25, 0.3) is 0 Å². The summed E-state index contributed by atoms with van der Waals surface area (Å²) in [6.45, 7) is 3.78. The standard InChI is InChI=1S/C15H20N2O4/c1-9(2)21-13-7-4-10(14(18)20-3)8-12(13)17-15(19)16-11-5-6-11/h4,7-9,11H,5-6H2,1-3H3,(H2,16,17,19). The lowest BCUT2D eigenvalue weighted by Crippen LogP contribution is -2.30. The highest BCUT2D eigenvalue weighted by atomic mass is 16.5. The van der Waals surface area contributed by atoms with Gasteiger partial charge in [-0.3, -0.25) is 0 Å². The van der Waals surface area contributed by atoms with Gasteiger partial charge in [-0.05, 0) is 44.9 Å². The molecule has 6 heteroatoms. The van der Waals surface area contributed by atoms with Gasteiger partial charge in [0.2, 0.25) is 0 Å². The predicted octanol–water partition coefficient (Wildman–Crippen LogP) is 2.54. The van der Waals surface area contributed by atoms with Crippen molar-refractivity contribution in [2.75, 3.05) is 12.4 Å². The summed E-state index contributed by atoms with van der Waals surface area (Å²) in [4.78, 5) is 23.4. The zero-order valence-electron chi connectivity index (χ0n) is 12.4. The molecule has 2 N–H and O–H groups in total. The third-order valence-corrected chi connectivity index (χ3v) is 2.92. The number of rotatable bonds is 5. The van der Waals surface area contributed by atoms with Crippen molar-refractivity contribution in [1.82, 2.24) is 5.32 Å². The van der Waals surface area contributed by atoms with Crippen LogP contribution in [0.5, 0.6) is 5.75 Å². The molecule has 0 atom stereocenters. The average Bonchev–Trinajstić information content (AvgIpc) is 3.23. The van der Waals surface area contributed by atoms with Crippen LogP contribution in [0, 0.1) is 0 Å². The number of amides is 2. The molecule has 0 aromatic heterocycles. The number of carbonyl (C=O) groups is 2. The van der Waals surface area contributed by atoms with E-state index in [0.717, 1.165) is 12.8 Å². The molecule has 1 aliphatic carbocycles. The van der Waals surface area contributed by atoms with E-state index in [0.29, 0.717) is 17.0 Å². The number of carbonyl (C=O) groups excluding carboxylic acids is 2. The molecule has 1 saturated carbocycles. The summed E-state index contributed by atoms with van der Waals surface area (Å²) in [5.74, 6) is 0.0559. The van der Waals surface area contributed by atoms with Gasteiger partial charge in [0, 0.05) is 6.04 Å². The first kappa shape index (κ1) is 15.2. The molecule has 2 rings (SSSR count). The molecular formula is C15H20N2O4. The van der Waals surface area contributed by atoms with Crippen LogP contribution in [-0.4, -0.2) is 31.3 Å². The number of benzene rings is 1. The molecule has 0 aliphatic heterocycles. The van der Waals surface area contributed by atoms with Crippen LogP contribution in [0.3, 0.4) is 0 Å². The summed E-state index contributed by atoms with van der Waals surface area (Å²) in [5.41, 5.74) is 0.806. The maximum Gasteiger partial charge on any atom is 0.337 e. The molecule has 0 radical (unpaired) electrons. The Labute approximate surface area is 123 Å². The summed E-state index contributed by atoms with van der Waals surface area (Å²) < 4.78 is 10.3. The van der Waals surface area contributed by atoms with Gasteiger partial charge in [-0.2, -0.15) is 0 Å². The summed E-state index contributed by atoms with van der Waals surface area (Å²) in [6.07, 6.45) is 1.97. The number of nitrogens with one attached hydrogen (secondary N) is 2. The molecular weight excluding hydrogens is 272 g/mol. The van der Waals surface area contributed by atoms with Crippen LogP contribution in [-0.2, 0) is 4.74 Å².